The molecule has 0 amide bonds. The topological polar surface area (TPSA) is 698 Å². The van der Waals surface area contributed by atoms with Crippen molar-refractivity contribution in [1.29, 1.82) is 0 Å². The number of ether oxygens (including phenoxy) is 11. The number of thioether (sulfide) groups is 8. The van der Waals surface area contributed by atoms with Crippen LogP contribution in [0.1, 0.15) is 103 Å². The predicted octanol–water partition coefficient (Wildman–Crippen LogP) is 3.21. The zero-order chi connectivity index (χ0) is 89.1. The van der Waals surface area contributed by atoms with Crippen LogP contribution < -0.4 is 0 Å². The van der Waals surface area contributed by atoms with Crippen LogP contribution >= 0.6 is 94.1 Å². The Labute approximate surface area is 714 Å². The van der Waals surface area contributed by atoms with E-state index in [4.69, 9.17) is 52.1 Å². The summed E-state index contributed by atoms with van der Waals surface area (Å²) in [6, 6.07) is 0. The Bertz CT molecular complexity index is 3200. The molecule has 0 spiro atoms. The molecule has 43 nitrogen and oxygen atoms in total. The second kappa shape index (κ2) is 62.1. The third-order valence-corrected chi connectivity index (χ3v) is 26.5. The molecule has 680 valence electrons. The van der Waals surface area contributed by atoms with Crippen LogP contribution in [0.5, 0.6) is 0 Å². The standard InChI is InChI=1S/C68H102O43S8/c69-45(70)25-37(59(85)86)112-17-1-9-101-33-35-53(103-11-3-19-114-39(61(89)90)27-47(73)74)55(104-12-4-20-115-40(62(91)92)28-48(75)76)58(107-15-7-23-118-43(65(97)98)31-51(81)82)68(110-35)111-54-36(34-102-10-2-18-113-38(60(87)88)26-46(71)72)109-67(108-16-8-24-119-44(66(99)100)32-52(83)84)57(106-14-6-22-117-42(64(95)96)30-50(79)80)56(54)105-13-5-21-116-41(63(93)94)29-49(77)78/h35-44,53-58,67-68H,1-34H2,(H,69,70)(H,71,72)(H,73,74)(H,75,76)(H,77,78)(H,79,80)(H,81,82)(H,83,84)(H,85,86)(H,87,88)(H,89,90)(H,91,92)(H,93,94)(H,95,96)(H,97,98)(H,99,100)/t35-,36-,37?,38?,39?,40?,41?,42?,43?,44?,53-,54-,55+,56+,57-,58-,67?,68+/m1/s1. The molecule has 0 aliphatic carbocycles. The van der Waals surface area contributed by atoms with Crippen molar-refractivity contribution < 1.29 is 211 Å². The summed E-state index contributed by atoms with van der Waals surface area (Å²) in [5, 5.41) is 143. The Morgan fingerprint density at radius 2 is 0.412 bits per heavy atom. The van der Waals surface area contributed by atoms with Crippen molar-refractivity contribution in [1.82, 2.24) is 0 Å². The van der Waals surface area contributed by atoms with E-state index in [1.807, 2.05) is 0 Å². The predicted molar refractivity (Wildman–Crippen MR) is 424 cm³/mol. The number of carboxylic acids is 16. The normalized spacial score (nSPS) is 21.2. The quantitative estimate of drug-likeness (QED) is 0.0389. The van der Waals surface area contributed by atoms with Gasteiger partial charge in [-0.05, 0) is 97.4 Å². The lowest BCUT2D eigenvalue weighted by atomic mass is 9.96. The van der Waals surface area contributed by atoms with Gasteiger partial charge in [0.05, 0.1) is 71.2 Å². The molecular formula is C68H102O43S8. The summed E-state index contributed by atoms with van der Waals surface area (Å²) < 4.78 is 73.1. The molecule has 0 aromatic rings. The van der Waals surface area contributed by atoms with Gasteiger partial charge in [-0.2, -0.15) is 0 Å². The van der Waals surface area contributed by atoms with Gasteiger partial charge in [-0.3, -0.25) is 76.7 Å². The van der Waals surface area contributed by atoms with Crippen molar-refractivity contribution in [2.24, 2.45) is 0 Å². The van der Waals surface area contributed by atoms with Crippen LogP contribution in [-0.2, 0) is 129 Å². The van der Waals surface area contributed by atoms with Crippen LogP contribution in [0.3, 0.4) is 0 Å². The average molecular weight is 1860 g/mol. The Morgan fingerprint density at radius 1 is 0.227 bits per heavy atom. The SMILES string of the molecule is O=C(O)CC(SCCCOC[C@H]1O[C@@H](O[C@H]2[C@H](OCCCSC(CC(=O)O)C(=O)O)[C@@H](OCCCSC(CC(=O)O)C(=O)O)C(OCCCSC(CC(=O)O)C(=O)O)O[C@@H]2COCCCSC(CC(=O)O)C(=O)O)[C@H](OCCCSC(CC(=O)O)C(=O)O)[C@@H](OCCCSC(CC(=O)O)C(=O)O)[C@@H]1OCCCSC(CC(=O)O)C(=O)O)C(=O)O. The fourth-order valence-corrected chi connectivity index (χ4v) is 18.5. The smallest absolute Gasteiger partial charge is 0.317 e. The maximum absolute atomic E-state index is 12.3. The van der Waals surface area contributed by atoms with E-state index in [0.29, 0.717) is 0 Å². The van der Waals surface area contributed by atoms with Crippen molar-refractivity contribution in [2.75, 3.05) is 112 Å². The van der Waals surface area contributed by atoms with Gasteiger partial charge in [0.15, 0.2) is 12.6 Å². The molecule has 2 fully saturated rings. The maximum atomic E-state index is 12.3. The van der Waals surface area contributed by atoms with E-state index in [1.54, 1.807) is 0 Å². The van der Waals surface area contributed by atoms with E-state index in [2.05, 4.69) is 0 Å². The summed E-state index contributed by atoms with van der Waals surface area (Å²) in [4.78, 5) is 191. The van der Waals surface area contributed by atoms with Crippen molar-refractivity contribution in [3.05, 3.63) is 0 Å². The molecule has 0 aromatic carbocycles. The number of rotatable bonds is 76. The minimum absolute atomic E-state index is 0.00634. The number of hydrogen-bond donors (Lipinski definition) is 16. The third kappa shape index (κ3) is 47.9. The van der Waals surface area contributed by atoms with Crippen LogP contribution in [0, 0.1) is 0 Å². The first-order valence-electron chi connectivity index (χ1n) is 36.6. The highest BCUT2D eigenvalue weighted by Crippen LogP contribution is 2.37. The highest BCUT2D eigenvalue weighted by Gasteiger charge is 2.55. The summed E-state index contributed by atoms with van der Waals surface area (Å²) >= 11 is 5.99. The van der Waals surface area contributed by atoms with E-state index >= 15 is 0 Å². The lowest BCUT2D eigenvalue weighted by molar-refractivity contribution is -0.374. The van der Waals surface area contributed by atoms with Gasteiger partial charge >= 0.3 is 95.5 Å². The Balaban J connectivity index is 3.28. The fourth-order valence-electron chi connectivity index (χ4n) is 10.7. The molecule has 18 atom stereocenters. The highest BCUT2D eigenvalue weighted by atomic mass is 32.2. The van der Waals surface area contributed by atoms with Crippen LogP contribution in [0.2, 0.25) is 0 Å². The van der Waals surface area contributed by atoms with Gasteiger partial charge < -0.3 is 134 Å². The Morgan fingerprint density at radius 3 is 0.647 bits per heavy atom. The molecule has 2 aliphatic heterocycles. The number of hydrogen-bond acceptors (Lipinski definition) is 35. The molecule has 0 bridgehead atoms. The Kier molecular flexibility index (Phi) is 56.8. The molecule has 2 heterocycles. The molecule has 9 unspecified atom stereocenters. The molecule has 51 heteroatoms. The molecule has 2 saturated heterocycles. The molecule has 0 radical (unpaired) electrons. The molecule has 16 N–H and O–H groups in total. The van der Waals surface area contributed by atoms with E-state index in [-0.39, 0.29) is 137 Å². The van der Waals surface area contributed by atoms with E-state index in [9.17, 15) is 158 Å². The molecule has 0 saturated carbocycles. The number of aliphatic carboxylic acids is 16. The van der Waals surface area contributed by atoms with Crippen LogP contribution in [0.25, 0.3) is 0 Å². The van der Waals surface area contributed by atoms with Crippen LogP contribution in [0.4, 0.5) is 0 Å². The highest BCUT2D eigenvalue weighted by molar-refractivity contribution is 8.02. The summed E-state index contributed by atoms with van der Waals surface area (Å²) in [5.41, 5.74) is 0. The monoisotopic (exact) mass is 1860 g/mol. The van der Waals surface area contributed by atoms with Crippen LogP contribution in [0.15, 0.2) is 0 Å². The average Bonchev–Trinajstić information content (AvgIpc) is 0.768. The van der Waals surface area contributed by atoms with Gasteiger partial charge in [0.1, 0.15) is 90.8 Å². The van der Waals surface area contributed by atoms with Crippen molar-refractivity contribution in [3.63, 3.8) is 0 Å². The zero-order valence-corrected chi connectivity index (χ0v) is 70.4. The lowest BCUT2D eigenvalue weighted by Crippen LogP contribution is -2.66. The van der Waals surface area contributed by atoms with E-state index < -0.39 is 277 Å². The summed E-state index contributed by atoms with van der Waals surface area (Å²) in [5.74, 6) is -23.6. The minimum atomic E-state index is -1.92. The van der Waals surface area contributed by atoms with Crippen LogP contribution in [-0.4, -0.2) is 393 Å². The van der Waals surface area contributed by atoms with Crippen molar-refractivity contribution >= 4 is 190 Å². The van der Waals surface area contributed by atoms with Gasteiger partial charge in [0.2, 0.25) is 0 Å². The zero-order valence-electron chi connectivity index (χ0n) is 63.9. The van der Waals surface area contributed by atoms with Gasteiger partial charge in [-0.15, -0.1) is 94.1 Å². The lowest BCUT2D eigenvalue weighted by Gasteiger charge is -2.50. The summed E-state index contributed by atoms with van der Waals surface area (Å²) in [6.07, 6.45) is -22.9. The van der Waals surface area contributed by atoms with Crippen molar-refractivity contribution in [3.8, 4) is 0 Å². The third-order valence-electron chi connectivity index (χ3n) is 16.1. The maximum Gasteiger partial charge on any atom is 0.317 e. The van der Waals surface area contributed by atoms with Gasteiger partial charge in [0.25, 0.3) is 0 Å². The fraction of sp³-hybridized carbons (Fsp3) is 0.765. The summed E-state index contributed by atoms with van der Waals surface area (Å²) in [6.45, 7) is -3.83. The second-order valence-corrected chi connectivity index (χ2v) is 36.1. The number of carboxylic acid groups (broad SMARTS) is 16. The van der Waals surface area contributed by atoms with Crippen molar-refractivity contribution in [2.45, 2.75) is 206 Å². The molecular weight excluding hydrogens is 1760 g/mol. The van der Waals surface area contributed by atoms with Gasteiger partial charge in [0, 0.05) is 46.2 Å². The van der Waals surface area contributed by atoms with Gasteiger partial charge in [-0.1, -0.05) is 0 Å². The van der Waals surface area contributed by atoms with Gasteiger partial charge in [-0.25, -0.2) is 0 Å². The first-order chi connectivity index (χ1) is 56.3. The van der Waals surface area contributed by atoms with E-state index in [0.717, 1.165) is 94.1 Å². The Hall–Kier alpha value is -6.12. The first-order valence-corrected chi connectivity index (χ1v) is 45.0. The molecule has 0 aromatic heterocycles. The molecule has 2 rings (SSSR count). The largest absolute Gasteiger partial charge is 0.481 e. The molecule has 119 heavy (non-hydrogen) atoms. The first kappa shape index (κ1) is 109. The van der Waals surface area contributed by atoms with E-state index in [1.165, 1.54) is 0 Å². The summed E-state index contributed by atoms with van der Waals surface area (Å²) in [7, 11) is 0. The second-order valence-electron chi connectivity index (χ2n) is 25.6. The molecule has 2 aliphatic rings. The minimum Gasteiger partial charge on any atom is -0.481 e. The number of carbonyl (C=O) groups is 16.